The molecule has 0 aromatic carbocycles. The Labute approximate surface area is 129 Å². The molecule has 124 valence electrons. The molecule has 6 heteroatoms. The van der Waals surface area contributed by atoms with Gasteiger partial charge in [0.25, 0.3) is 10.2 Å². The van der Waals surface area contributed by atoms with Gasteiger partial charge in [0.05, 0.1) is 5.60 Å². The summed E-state index contributed by atoms with van der Waals surface area (Å²) in [6.45, 7) is 5.67. The number of nitrogens with zero attached hydrogens (tertiary/aromatic N) is 1. The average molecular weight is 318 g/mol. The van der Waals surface area contributed by atoms with Gasteiger partial charge in [0.15, 0.2) is 0 Å². The Kier molecular flexibility index (Phi) is 5.68. The summed E-state index contributed by atoms with van der Waals surface area (Å²) < 4.78 is 28.8. The first-order valence-corrected chi connectivity index (χ1v) is 9.76. The Hall–Kier alpha value is -0.170. The van der Waals surface area contributed by atoms with Crippen molar-refractivity contribution in [3.05, 3.63) is 0 Å². The van der Waals surface area contributed by atoms with E-state index in [0.29, 0.717) is 37.8 Å². The topological polar surface area (TPSA) is 69.6 Å². The molecule has 1 aliphatic heterocycles. The standard InChI is InChI=1S/C15H30N2O3S/c1-3-14-4-8-15(18,9-5-14)12-16-21(19,20)17-10-6-13(2)7-11-17/h13-14,16,18H,3-12H2,1-2H3. The van der Waals surface area contributed by atoms with Gasteiger partial charge in [0.1, 0.15) is 0 Å². The maximum absolute atomic E-state index is 12.3. The van der Waals surface area contributed by atoms with Gasteiger partial charge < -0.3 is 5.11 Å². The van der Waals surface area contributed by atoms with Crippen molar-refractivity contribution in [2.24, 2.45) is 11.8 Å². The van der Waals surface area contributed by atoms with Crippen LogP contribution in [0, 0.1) is 11.8 Å². The maximum Gasteiger partial charge on any atom is 0.279 e. The number of rotatable bonds is 5. The number of nitrogens with one attached hydrogen (secondary N) is 1. The van der Waals surface area contributed by atoms with E-state index in [0.717, 1.165) is 32.1 Å². The number of piperidine rings is 1. The van der Waals surface area contributed by atoms with Gasteiger partial charge in [-0.2, -0.15) is 17.4 Å². The molecule has 1 saturated carbocycles. The summed E-state index contributed by atoms with van der Waals surface area (Å²) in [5.41, 5.74) is -0.859. The van der Waals surface area contributed by atoms with Crippen LogP contribution in [0.1, 0.15) is 58.8 Å². The van der Waals surface area contributed by atoms with E-state index in [1.165, 1.54) is 4.31 Å². The lowest BCUT2D eigenvalue weighted by Crippen LogP contribution is -2.51. The third-order valence-electron chi connectivity index (χ3n) is 5.28. The molecule has 2 fully saturated rings. The molecule has 21 heavy (non-hydrogen) atoms. The molecule has 0 spiro atoms. The summed E-state index contributed by atoms with van der Waals surface area (Å²) in [4.78, 5) is 0. The summed E-state index contributed by atoms with van der Waals surface area (Å²) >= 11 is 0. The van der Waals surface area contributed by atoms with Crippen LogP contribution in [0.3, 0.4) is 0 Å². The smallest absolute Gasteiger partial charge is 0.279 e. The second-order valence-electron chi connectivity index (χ2n) is 6.98. The van der Waals surface area contributed by atoms with Crippen molar-refractivity contribution in [3.8, 4) is 0 Å². The van der Waals surface area contributed by atoms with Crippen LogP contribution >= 0.6 is 0 Å². The number of aliphatic hydroxyl groups is 1. The third-order valence-corrected chi connectivity index (χ3v) is 6.83. The predicted octanol–water partition coefficient (Wildman–Crippen LogP) is 1.88. The molecule has 0 aromatic rings. The van der Waals surface area contributed by atoms with Crippen LogP contribution in [0.2, 0.25) is 0 Å². The lowest BCUT2D eigenvalue weighted by atomic mass is 9.78. The molecule has 0 bridgehead atoms. The minimum Gasteiger partial charge on any atom is -0.389 e. The number of hydrogen-bond acceptors (Lipinski definition) is 3. The van der Waals surface area contributed by atoms with E-state index in [-0.39, 0.29) is 6.54 Å². The van der Waals surface area contributed by atoms with E-state index in [2.05, 4.69) is 18.6 Å². The van der Waals surface area contributed by atoms with E-state index < -0.39 is 15.8 Å². The monoisotopic (exact) mass is 318 g/mol. The van der Waals surface area contributed by atoms with Gasteiger partial charge in [0.2, 0.25) is 0 Å². The quantitative estimate of drug-likeness (QED) is 0.813. The predicted molar refractivity (Wildman–Crippen MR) is 84.1 cm³/mol. The van der Waals surface area contributed by atoms with Crippen molar-refractivity contribution in [3.63, 3.8) is 0 Å². The highest BCUT2D eigenvalue weighted by atomic mass is 32.2. The SMILES string of the molecule is CCC1CCC(O)(CNS(=O)(=O)N2CCC(C)CC2)CC1. The second kappa shape index (κ2) is 6.94. The fourth-order valence-electron chi connectivity index (χ4n) is 3.34. The van der Waals surface area contributed by atoms with Crippen LogP contribution in [-0.4, -0.2) is 43.1 Å². The average Bonchev–Trinajstić information content (AvgIpc) is 2.47. The second-order valence-corrected chi connectivity index (χ2v) is 8.74. The van der Waals surface area contributed by atoms with E-state index >= 15 is 0 Å². The summed E-state index contributed by atoms with van der Waals surface area (Å²) in [6, 6.07) is 0. The van der Waals surface area contributed by atoms with E-state index in [4.69, 9.17) is 0 Å². The van der Waals surface area contributed by atoms with E-state index in [1.54, 1.807) is 0 Å². The van der Waals surface area contributed by atoms with Crippen LogP contribution in [0.4, 0.5) is 0 Å². The van der Waals surface area contributed by atoms with Crippen molar-refractivity contribution < 1.29 is 13.5 Å². The highest BCUT2D eigenvalue weighted by molar-refractivity contribution is 7.87. The van der Waals surface area contributed by atoms with E-state index in [9.17, 15) is 13.5 Å². The summed E-state index contributed by atoms with van der Waals surface area (Å²) in [6.07, 6.45) is 6.38. The molecule has 0 aromatic heterocycles. The minimum absolute atomic E-state index is 0.151. The van der Waals surface area contributed by atoms with Crippen molar-refractivity contribution in [1.82, 2.24) is 9.03 Å². The Morgan fingerprint density at radius 1 is 1.19 bits per heavy atom. The Bertz CT molecular complexity index is 422. The molecule has 1 aliphatic carbocycles. The molecule has 2 aliphatic rings. The normalized spacial score (nSPS) is 33.2. The Balaban J connectivity index is 1.84. The van der Waals surface area contributed by atoms with Crippen molar-refractivity contribution in [2.45, 2.75) is 64.4 Å². The van der Waals surface area contributed by atoms with Gasteiger partial charge in [-0.15, -0.1) is 0 Å². The van der Waals surface area contributed by atoms with Gasteiger partial charge in [-0.25, -0.2) is 0 Å². The zero-order valence-electron chi connectivity index (χ0n) is 13.3. The molecular formula is C15H30N2O3S. The van der Waals surface area contributed by atoms with Crippen molar-refractivity contribution >= 4 is 10.2 Å². The summed E-state index contributed by atoms with van der Waals surface area (Å²) in [7, 11) is -3.44. The largest absolute Gasteiger partial charge is 0.389 e. The first kappa shape index (κ1) is 17.2. The lowest BCUT2D eigenvalue weighted by Gasteiger charge is -2.37. The maximum atomic E-state index is 12.3. The Morgan fingerprint density at radius 3 is 2.29 bits per heavy atom. The fraction of sp³-hybridized carbons (Fsp3) is 1.00. The zero-order valence-corrected chi connectivity index (χ0v) is 14.2. The van der Waals surface area contributed by atoms with E-state index in [1.807, 2.05) is 0 Å². The highest BCUT2D eigenvalue weighted by Gasteiger charge is 2.35. The van der Waals surface area contributed by atoms with Crippen molar-refractivity contribution in [2.75, 3.05) is 19.6 Å². The van der Waals surface area contributed by atoms with Gasteiger partial charge in [0, 0.05) is 19.6 Å². The number of hydrogen-bond donors (Lipinski definition) is 2. The van der Waals surface area contributed by atoms with Gasteiger partial charge >= 0.3 is 0 Å². The van der Waals surface area contributed by atoms with Gasteiger partial charge in [-0.1, -0.05) is 20.3 Å². The minimum atomic E-state index is -3.44. The molecule has 5 nitrogen and oxygen atoms in total. The molecule has 2 N–H and O–H groups in total. The summed E-state index contributed by atoms with van der Waals surface area (Å²) in [5, 5.41) is 10.5. The third kappa shape index (κ3) is 4.65. The van der Waals surface area contributed by atoms with Crippen molar-refractivity contribution in [1.29, 1.82) is 0 Å². The van der Waals surface area contributed by atoms with Gasteiger partial charge in [-0.3, -0.25) is 0 Å². The fourth-order valence-corrected chi connectivity index (χ4v) is 4.67. The van der Waals surface area contributed by atoms with Crippen LogP contribution in [0.25, 0.3) is 0 Å². The summed E-state index contributed by atoms with van der Waals surface area (Å²) in [5.74, 6) is 1.29. The molecule has 2 rings (SSSR count). The van der Waals surface area contributed by atoms with Gasteiger partial charge in [-0.05, 0) is 50.4 Å². The molecule has 1 heterocycles. The van der Waals surface area contributed by atoms with Crippen LogP contribution in [0.5, 0.6) is 0 Å². The molecule has 0 unspecified atom stereocenters. The Morgan fingerprint density at radius 2 is 1.76 bits per heavy atom. The lowest BCUT2D eigenvalue weighted by molar-refractivity contribution is -0.00475. The molecular weight excluding hydrogens is 288 g/mol. The van der Waals surface area contributed by atoms with Crippen LogP contribution in [-0.2, 0) is 10.2 Å². The highest BCUT2D eigenvalue weighted by Crippen LogP contribution is 2.33. The first-order valence-electron chi connectivity index (χ1n) is 8.32. The molecule has 0 atom stereocenters. The molecule has 1 saturated heterocycles. The molecule has 0 radical (unpaired) electrons. The first-order chi connectivity index (χ1) is 9.85. The van der Waals surface area contributed by atoms with Crippen LogP contribution < -0.4 is 4.72 Å². The molecule has 0 amide bonds. The zero-order chi connectivity index (χ0) is 15.5. The van der Waals surface area contributed by atoms with Crippen LogP contribution in [0.15, 0.2) is 0 Å².